The summed E-state index contributed by atoms with van der Waals surface area (Å²) in [5.41, 5.74) is 0.443. The number of esters is 1. The normalized spacial score (nSPS) is 11.2. The van der Waals surface area contributed by atoms with Gasteiger partial charge < -0.3 is 9.84 Å². The Bertz CT molecular complexity index is 382. The second kappa shape index (κ2) is 5.90. The van der Waals surface area contributed by atoms with Crippen LogP contribution in [0.1, 0.15) is 18.9 Å². The molecular formula is C12H13FO3. The van der Waals surface area contributed by atoms with Crippen molar-refractivity contribution in [1.82, 2.24) is 0 Å². The highest BCUT2D eigenvalue weighted by Crippen LogP contribution is 2.16. The first kappa shape index (κ1) is 12.2. The fourth-order valence-corrected chi connectivity index (χ4v) is 1.15. The lowest BCUT2D eigenvalue weighted by Crippen LogP contribution is -2.08. The predicted octanol–water partition coefficient (Wildman–Crippen LogP) is 2.68. The molecule has 0 aliphatic rings. The minimum Gasteiger partial charge on any atom is -0.515 e. The van der Waals surface area contributed by atoms with Gasteiger partial charge in [0.25, 0.3) is 0 Å². The zero-order valence-electron chi connectivity index (χ0n) is 8.94. The van der Waals surface area contributed by atoms with Crippen molar-refractivity contribution in [1.29, 1.82) is 0 Å². The Balaban J connectivity index is 2.83. The Morgan fingerprint density at radius 3 is 2.56 bits per heavy atom. The van der Waals surface area contributed by atoms with E-state index in [0.717, 1.165) is 0 Å². The third kappa shape index (κ3) is 3.08. The van der Waals surface area contributed by atoms with E-state index in [0.29, 0.717) is 18.2 Å². The summed E-state index contributed by atoms with van der Waals surface area (Å²) >= 11 is 0. The van der Waals surface area contributed by atoms with Crippen LogP contribution in [0.3, 0.4) is 0 Å². The topological polar surface area (TPSA) is 46.5 Å². The Hall–Kier alpha value is -1.84. The molecular weight excluding hydrogens is 211 g/mol. The number of carbonyl (C=O) groups is 1. The number of aliphatic hydroxyl groups excluding tert-OH is 1. The number of rotatable bonds is 4. The van der Waals surface area contributed by atoms with Gasteiger partial charge in [0.2, 0.25) is 0 Å². The van der Waals surface area contributed by atoms with E-state index in [1.165, 1.54) is 24.3 Å². The van der Waals surface area contributed by atoms with Crippen molar-refractivity contribution in [3.05, 3.63) is 41.9 Å². The van der Waals surface area contributed by atoms with Gasteiger partial charge in [0.1, 0.15) is 11.4 Å². The average molecular weight is 224 g/mol. The lowest BCUT2D eigenvalue weighted by Gasteiger charge is -2.06. The molecule has 0 bridgehead atoms. The van der Waals surface area contributed by atoms with Gasteiger partial charge in [-0.25, -0.2) is 9.18 Å². The summed E-state index contributed by atoms with van der Waals surface area (Å²) in [5, 5.41) is 8.96. The van der Waals surface area contributed by atoms with Gasteiger partial charge in [-0.15, -0.1) is 0 Å². The van der Waals surface area contributed by atoms with Crippen LogP contribution in [0.25, 0.3) is 5.57 Å². The number of benzene rings is 1. The average Bonchev–Trinajstić information content (AvgIpc) is 2.30. The minimum atomic E-state index is -0.615. The molecule has 16 heavy (non-hydrogen) atoms. The zero-order chi connectivity index (χ0) is 12.0. The molecule has 0 spiro atoms. The largest absolute Gasteiger partial charge is 0.515 e. The van der Waals surface area contributed by atoms with Crippen LogP contribution >= 0.6 is 0 Å². The van der Waals surface area contributed by atoms with E-state index in [4.69, 9.17) is 9.84 Å². The molecule has 0 amide bonds. The number of aliphatic hydroxyl groups is 1. The maximum Gasteiger partial charge on any atom is 0.341 e. The van der Waals surface area contributed by atoms with Crippen LogP contribution in [0.4, 0.5) is 4.39 Å². The fourth-order valence-electron chi connectivity index (χ4n) is 1.15. The van der Waals surface area contributed by atoms with Crippen molar-refractivity contribution in [2.45, 2.75) is 13.3 Å². The number of hydrogen-bond donors (Lipinski definition) is 1. The van der Waals surface area contributed by atoms with Gasteiger partial charge in [-0.3, -0.25) is 0 Å². The highest BCUT2D eigenvalue weighted by molar-refractivity contribution is 6.16. The number of halogens is 1. The molecule has 0 aliphatic heterocycles. The molecule has 3 nitrogen and oxygen atoms in total. The molecule has 0 heterocycles. The van der Waals surface area contributed by atoms with Crippen LogP contribution in [0.5, 0.6) is 0 Å². The molecule has 0 radical (unpaired) electrons. The molecule has 0 saturated heterocycles. The number of hydrogen-bond acceptors (Lipinski definition) is 3. The van der Waals surface area contributed by atoms with Gasteiger partial charge in [-0.2, -0.15) is 0 Å². The lowest BCUT2D eigenvalue weighted by molar-refractivity contribution is -0.136. The van der Waals surface area contributed by atoms with Crippen LogP contribution in [0.2, 0.25) is 0 Å². The molecule has 4 heteroatoms. The van der Waals surface area contributed by atoms with E-state index in [9.17, 15) is 9.18 Å². The zero-order valence-corrected chi connectivity index (χ0v) is 8.94. The van der Waals surface area contributed by atoms with Crippen LogP contribution in [-0.2, 0) is 9.53 Å². The smallest absolute Gasteiger partial charge is 0.341 e. The van der Waals surface area contributed by atoms with Crippen LogP contribution < -0.4 is 0 Å². The van der Waals surface area contributed by atoms with E-state index in [1.807, 2.05) is 6.92 Å². The molecule has 1 aromatic rings. The first-order valence-corrected chi connectivity index (χ1v) is 4.96. The summed E-state index contributed by atoms with van der Waals surface area (Å²) in [7, 11) is 0. The van der Waals surface area contributed by atoms with E-state index in [1.54, 1.807) is 0 Å². The van der Waals surface area contributed by atoms with Crippen LogP contribution in [0, 0.1) is 5.82 Å². The third-order valence-corrected chi connectivity index (χ3v) is 1.94. The molecule has 0 saturated carbocycles. The minimum absolute atomic E-state index is 0.0217. The fraction of sp³-hybridized carbons (Fsp3) is 0.250. The van der Waals surface area contributed by atoms with Crippen molar-refractivity contribution >= 4 is 11.5 Å². The maximum atomic E-state index is 12.7. The van der Waals surface area contributed by atoms with Crippen LogP contribution in [0.15, 0.2) is 30.5 Å². The Morgan fingerprint density at radius 2 is 2.06 bits per heavy atom. The summed E-state index contributed by atoms with van der Waals surface area (Å²) in [5.74, 6) is -1.01. The van der Waals surface area contributed by atoms with Gasteiger partial charge in [-0.05, 0) is 24.1 Å². The van der Waals surface area contributed by atoms with Gasteiger partial charge >= 0.3 is 5.97 Å². The van der Waals surface area contributed by atoms with E-state index < -0.39 is 11.8 Å². The van der Waals surface area contributed by atoms with Crippen molar-refractivity contribution in [3.63, 3.8) is 0 Å². The summed E-state index contributed by atoms with van der Waals surface area (Å²) in [6.07, 6.45) is 1.37. The van der Waals surface area contributed by atoms with Crippen LogP contribution in [-0.4, -0.2) is 17.7 Å². The van der Waals surface area contributed by atoms with Crippen molar-refractivity contribution in [3.8, 4) is 0 Å². The van der Waals surface area contributed by atoms with Gasteiger partial charge in [0, 0.05) is 0 Å². The molecule has 1 rings (SSSR count). The lowest BCUT2D eigenvalue weighted by atomic mass is 10.1. The van der Waals surface area contributed by atoms with Crippen molar-refractivity contribution in [2.75, 3.05) is 6.61 Å². The molecule has 0 aliphatic carbocycles. The highest BCUT2D eigenvalue weighted by atomic mass is 19.1. The van der Waals surface area contributed by atoms with Crippen molar-refractivity contribution < 1.29 is 19.0 Å². The first-order valence-electron chi connectivity index (χ1n) is 4.96. The molecule has 1 aromatic carbocycles. The second-order valence-corrected chi connectivity index (χ2v) is 3.19. The van der Waals surface area contributed by atoms with E-state index in [-0.39, 0.29) is 12.2 Å². The third-order valence-electron chi connectivity index (χ3n) is 1.94. The Kier molecular flexibility index (Phi) is 4.51. The SMILES string of the molecule is CCCOC(=O)/C(=C\O)c1ccc(F)cc1. The quantitative estimate of drug-likeness (QED) is 0.486. The summed E-state index contributed by atoms with van der Waals surface area (Å²) in [4.78, 5) is 11.5. The Morgan fingerprint density at radius 1 is 1.44 bits per heavy atom. The molecule has 86 valence electrons. The highest BCUT2D eigenvalue weighted by Gasteiger charge is 2.13. The maximum absolute atomic E-state index is 12.7. The van der Waals surface area contributed by atoms with Gasteiger partial charge in [-0.1, -0.05) is 19.1 Å². The molecule has 0 unspecified atom stereocenters. The number of ether oxygens (including phenoxy) is 1. The summed E-state index contributed by atoms with van der Waals surface area (Å²) in [6, 6.07) is 5.24. The summed E-state index contributed by atoms with van der Waals surface area (Å²) < 4.78 is 17.5. The Labute approximate surface area is 93.2 Å². The molecule has 0 atom stereocenters. The molecule has 0 aromatic heterocycles. The van der Waals surface area contributed by atoms with Gasteiger partial charge in [0.05, 0.1) is 12.9 Å². The second-order valence-electron chi connectivity index (χ2n) is 3.19. The van der Waals surface area contributed by atoms with Crippen molar-refractivity contribution in [2.24, 2.45) is 0 Å². The molecule has 0 fully saturated rings. The standard InChI is InChI=1S/C12H13FO3/c1-2-7-16-12(15)11(8-14)9-3-5-10(13)6-4-9/h3-6,8,14H,2,7H2,1H3/b11-8-. The number of carbonyl (C=O) groups excluding carboxylic acids is 1. The van der Waals surface area contributed by atoms with E-state index in [2.05, 4.69) is 0 Å². The predicted molar refractivity (Wildman–Crippen MR) is 58.3 cm³/mol. The van der Waals surface area contributed by atoms with Gasteiger partial charge in [0.15, 0.2) is 0 Å². The molecule has 1 N–H and O–H groups in total. The van der Waals surface area contributed by atoms with E-state index >= 15 is 0 Å². The monoisotopic (exact) mass is 224 g/mol. The summed E-state index contributed by atoms with van der Waals surface area (Å²) in [6.45, 7) is 2.16. The first-order chi connectivity index (χ1) is 7.69.